The van der Waals surface area contributed by atoms with Crippen LogP contribution in [0.25, 0.3) is 17.3 Å². The van der Waals surface area contributed by atoms with Gasteiger partial charge in [0.1, 0.15) is 11.6 Å². The van der Waals surface area contributed by atoms with Crippen LogP contribution < -0.4 is 14.8 Å². The molecule has 1 heterocycles. The van der Waals surface area contributed by atoms with Gasteiger partial charge in [-0.2, -0.15) is 0 Å². The third-order valence-electron chi connectivity index (χ3n) is 5.41. The molecular weight excluding hydrogens is 502 g/mol. The van der Waals surface area contributed by atoms with Crippen LogP contribution in [0.4, 0.5) is 13.9 Å². The number of aromatic nitrogens is 1. The van der Waals surface area contributed by atoms with E-state index >= 15 is 0 Å². The van der Waals surface area contributed by atoms with Crippen molar-refractivity contribution in [3.8, 4) is 22.8 Å². The van der Waals surface area contributed by atoms with Gasteiger partial charge in [0.15, 0.2) is 16.6 Å². The number of methoxy groups -OCH3 is 1. The van der Waals surface area contributed by atoms with E-state index in [0.717, 1.165) is 42.4 Å². The van der Waals surface area contributed by atoms with E-state index < -0.39 is 29.1 Å². The summed E-state index contributed by atoms with van der Waals surface area (Å²) in [5, 5.41) is 13.4. The monoisotopic (exact) mass is 530 g/mol. The van der Waals surface area contributed by atoms with E-state index in [-0.39, 0.29) is 16.3 Å². The number of para-hydroxylation sites is 1. The molecule has 1 aromatic heterocycles. The Morgan fingerprint density at radius 2 is 1.92 bits per heavy atom. The lowest BCUT2D eigenvalue weighted by molar-refractivity contribution is -0.132. The fourth-order valence-electron chi connectivity index (χ4n) is 3.47. The summed E-state index contributed by atoms with van der Waals surface area (Å²) in [6.45, 7) is 6.07. The molecule has 0 bridgehead atoms. The minimum Gasteiger partial charge on any atom is -0.492 e. The van der Waals surface area contributed by atoms with Crippen molar-refractivity contribution >= 4 is 34.4 Å². The van der Waals surface area contributed by atoms with Crippen molar-refractivity contribution in [1.82, 2.24) is 4.98 Å². The number of ether oxygens (including phenoxy) is 2. The van der Waals surface area contributed by atoms with Crippen LogP contribution in [-0.2, 0) is 4.79 Å². The SMILES string of the molecule is COc1c(OCCCC(C)C)cccc1-c1csc(NC(=O)c2cc(F)c(/C=C(\C)C(=O)O)c(F)c2)n1. The number of hydrogen-bond acceptors (Lipinski definition) is 6. The number of carboxylic acids is 1. The van der Waals surface area contributed by atoms with Crippen molar-refractivity contribution in [2.75, 3.05) is 19.0 Å². The summed E-state index contributed by atoms with van der Waals surface area (Å²) in [6, 6.07) is 7.14. The van der Waals surface area contributed by atoms with Gasteiger partial charge in [0.2, 0.25) is 0 Å². The molecule has 10 heteroatoms. The predicted octanol–water partition coefficient (Wildman–Crippen LogP) is 6.65. The number of carbonyl (C=O) groups is 2. The number of halogens is 2. The maximum atomic E-state index is 14.4. The molecule has 3 rings (SSSR count). The van der Waals surface area contributed by atoms with E-state index in [1.807, 2.05) is 18.2 Å². The Bertz CT molecular complexity index is 1300. The highest BCUT2D eigenvalue weighted by molar-refractivity contribution is 7.14. The number of hydrogen-bond donors (Lipinski definition) is 2. The molecule has 1 amide bonds. The molecule has 3 aromatic rings. The first-order chi connectivity index (χ1) is 17.6. The average Bonchev–Trinajstić information content (AvgIpc) is 3.31. The summed E-state index contributed by atoms with van der Waals surface area (Å²) in [5.74, 6) is -2.50. The Hall–Kier alpha value is -3.79. The maximum absolute atomic E-state index is 14.4. The number of nitrogens with zero attached hydrogens (tertiary/aromatic N) is 1. The molecular formula is C27H28F2N2O5S. The molecule has 0 saturated carbocycles. The van der Waals surface area contributed by atoms with Gasteiger partial charge in [-0.1, -0.05) is 19.9 Å². The first-order valence-corrected chi connectivity index (χ1v) is 12.5. The van der Waals surface area contributed by atoms with Gasteiger partial charge in [-0.05, 0) is 56.0 Å². The Balaban J connectivity index is 1.77. The van der Waals surface area contributed by atoms with E-state index in [2.05, 4.69) is 24.1 Å². The first-order valence-electron chi connectivity index (χ1n) is 11.6. The summed E-state index contributed by atoms with van der Waals surface area (Å²) in [5.41, 5.74) is 0.151. The van der Waals surface area contributed by atoms with E-state index in [0.29, 0.717) is 35.3 Å². The zero-order chi connectivity index (χ0) is 27.1. The summed E-state index contributed by atoms with van der Waals surface area (Å²) >= 11 is 1.14. The van der Waals surface area contributed by atoms with Crippen molar-refractivity contribution in [3.05, 3.63) is 64.0 Å². The van der Waals surface area contributed by atoms with Gasteiger partial charge in [-0.15, -0.1) is 11.3 Å². The Morgan fingerprint density at radius 3 is 2.54 bits per heavy atom. The fraction of sp³-hybridized carbons (Fsp3) is 0.296. The van der Waals surface area contributed by atoms with E-state index in [9.17, 15) is 18.4 Å². The van der Waals surface area contributed by atoms with E-state index in [1.165, 1.54) is 14.0 Å². The zero-order valence-corrected chi connectivity index (χ0v) is 21.7. The van der Waals surface area contributed by atoms with Crippen molar-refractivity contribution in [2.45, 2.75) is 33.6 Å². The number of nitrogens with one attached hydrogen (secondary N) is 1. The topological polar surface area (TPSA) is 97.8 Å². The molecule has 2 N–H and O–H groups in total. The van der Waals surface area contributed by atoms with Gasteiger partial charge >= 0.3 is 5.97 Å². The number of carbonyl (C=O) groups excluding carboxylic acids is 1. The first kappa shape index (κ1) is 27.8. The molecule has 0 fully saturated rings. The van der Waals surface area contributed by atoms with Crippen molar-refractivity contribution in [1.29, 1.82) is 0 Å². The largest absolute Gasteiger partial charge is 0.492 e. The number of aliphatic carboxylic acids is 1. The van der Waals surface area contributed by atoms with Gasteiger partial charge in [0, 0.05) is 27.6 Å². The standard InChI is InChI=1S/C27H28F2N2O5S/c1-15(2)7-6-10-36-23-9-5-8-18(24(23)35-4)22-14-37-27(30-22)31-25(32)17-12-20(28)19(21(29)13-17)11-16(3)26(33)34/h5,8-9,11-15H,6-7,10H2,1-4H3,(H,33,34)(H,30,31,32)/b16-11+. The van der Waals surface area contributed by atoms with Crippen molar-refractivity contribution in [2.24, 2.45) is 5.92 Å². The minimum atomic E-state index is -1.31. The lowest BCUT2D eigenvalue weighted by Gasteiger charge is -2.14. The molecule has 0 saturated heterocycles. The van der Waals surface area contributed by atoms with Crippen LogP contribution in [0.3, 0.4) is 0 Å². The molecule has 0 aliphatic rings. The lowest BCUT2D eigenvalue weighted by Crippen LogP contribution is -2.13. The number of benzene rings is 2. The van der Waals surface area contributed by atoms with Crippen molar-refractivity contribution in [3.63, 3.8) is 0 Å². The second kappa shape index (κ2) is 12.4. The fourth-order valence-corrected chi connectivity index (χ4v) is 4.18. The zero-order valence-electron chi connectivity index (χ0n) is 20.9. The molecule has 0 aliphatic carbocycles. The molecule has 7 nitrogen and oxygen atoms in total. The predicted molar refractivity (Wildman–Crippen MR) is 139 cm³/mol. The molecule has 0 spiro atoms. The number of rotatable bonds is 11. The van der Waals surface area contributed by atoms with Gasteiger partial charge in [-0.3, -0.25) is 10.1 Å². The minimum absolute atomic E-state index is 0.219. The van der Waals surface area contributed by atoms with Crippen LogP contribution in [0, 0.1) is 17.6 Å². The summed E-state index contributed by atoms with van der Waals surface area (Å²) < 4.78 is 40.4. The average molecular weight is 531 g/mol. The Morgan fingerprint density at radius 1 is 1.22 bits per heavy atom. The summed E-state index contributed by atoms with van der Waals surface area (Å²) in [7, 11) is 1.54. The van der Waals surface area contributed by atoms with Crippen LogP contribution in [0.1, 0.15) is 49.5 Å². The Labute approximate surface area is 217 Å². The highest BCUT2D eigenvalue weighted by Gasteiger charge is 2.18. The number of amides is 1. The second-order valence-electron chi connectivity index (χ2n) is 8.70. The normalized spacial score (nSPS) is 11.5. The molecule has 37 heavy (non-hydrogen) atoms. The molecule has 0 unspecified atom stereocenters. The number of anilines is 1. The molecule has 196 valence electrons. The Kier molecular flexibility index (Phi) is 9.35. The lowest BCUT2D eigenvalue weighted by atomic mass is 10.1. The third-order valence-corrected chi connectivity index (χ3v) is 6.16. The third kappa shape index (κ3) is 7.13. The summed E-state index contributed by atoms with van der Waals surface area (Å²) in [4.78, 5) is 28.0. The molecule has 0 aliphatic heterocycles. The van der Waals surface area contributed by atoms with Gasteiger partial charge in [0.05, 0.1) is 19.4 Å². The van der Waals surface area contributed by atoms with Crippen LogP contribution in [0.2, 0.25) is 0 Å². The quantitative estimate of drug-likeness (QED) is 0.213. The van der Waals surface area contributed by atoms with Crippen molar-refractivity contribution < 1.29 is 33.0 Å². The molecule has 0 atom stereocenters. The summed E-state index contributed by atoms with van der Waals surface area (Å²) in [6.07, 6.45) is 2.83. The van der Waals surface area contributed by atoms with Crippen LogP contribution in [0.15, 0.2) is 41.3 Å². The number of carboxylic acid groups (broad SMARTS) is 1. The maximum Gasteiger partial charge on any atom is 0.331 e. The van der Waals surface area contributed by atoms with Crippen LogP contribution in [0.5, 0.6) is 11.5 Å². The number of thiazole rings is 1. The van der Waals surface area contributed by atoms with Gasteiger partial charge in [0.25, 0.3) is 5.91 Å². The van der Waals surface area contributed by atoms with Gasteiger partial charge in [-0.25, -0.2) is 18.6 Å². The van der Waals surface area contributed by atoms with E-state index in [4.69, 9.17) is 14.6 Å². The second-order valence-corrected chi connectivity index (χ2v) is 9.56. The highest BCUT2D eigenvalue weighted by atomic mass is 32.1. The van der Waals surface area contributed by atoms with Crippen LogP contribution in [-0.4, -0.2) is 35.7 Å². The van der Waals surface area contributed by atoms with E-state index in [1.54, 1.807) is 5.38 Å². The molecule has 0 radical (unpaired) electrons. The smallest absolute Gasteiger partial charge is 0.331 e. The van der Waals surface area contributed by atoms with Gasteiger partial charge < -0.3 is 14.6 Å². The highest BCUT2D eigenvalue weighted by Crippen LogP contribution is 2.39. The molecule has 2 aromatic carbocycles. The van der Waals surface area contributed by atoms with Crippen LogP contribution >= 0.6 is 11.3 Å².